The molecule has 0 bridgehead atoms. The van der Waals surface area contributed by atoms with Crippen LogP contribution in [0, 0.1) is 16.0 Å². The standard InChI is InChI=1S/C11H11ClN2O3/c1-6-10(14(16)17)9(13-11(6)15)7-4-2-3-5-8(7)12/h2-6,9-10H,1H3,(H,13,15). The quantitative estimate of drug-likeness (QED) is 0.646. The number of rotatable bonds is 2. The highest BCUT2D eigenvalue weighted by atomic mass is 35.5. The van der Waals surface area contributed by atoms with Gasteiger partial charge in [-0.05, 0) is 18.6 Å². The summed E-state index contributed by atoms with van der Waals surface area (Å²) in [5, 5.41) is 14.1. The Labute approximate surface area is 103 Å². The van der Waals surface area contributed by atoms with Crippen molar-refractivity contribution in [2.24, 2.45) is 5.92 Å². The predicted octanol–water partition coefficient (Wildman–Crippen LogP) is 1.79. The molecule has 90 valence electrons. The van der Waals surface area contributed by atoms with Crippen molar-refractivity contribution >= 4 is 17.5 Å². The molecule has 1 fully saturated rings. The molecule has 17 heavy (non-hydrogen) atoms. The Balaban J connectivity index is 2.42. The van der Waals surface area contributed by atoms with Crippen molar-refractivity contribution in [1.29, 1.82) is 0 Å². The second-order valence-corrected chi connectivity index (χ2v) is 4.48. The van der Waals surface area contributed by atoms with Crippen LogP contribution in [0.4, 0.5) is 0 Å². The zero-order valence-electron chi connectivity index (χ0n) is 9.09. The molecule has 0 spiro atoms. The molecule has 1 aromatic rings. The lowest BCUT2D eigenvalue weighted by molar-refractivity contribution is -0.530. The zero-order valence-corrected chi connectivity index (χ0v) is 9.85. The van der Waals surface area contributed by atoms with E-state index in [1.807, 2.05) is 0 Å². The number of hydrogen-bond donors (Lipinski definition) is 1. The van der Waals surface area contributed by atoms with E-state index in [9.17, 15) is 14.9 Å². The molecule has 1 aliphatic heterocycles. The molecule has 1 heterocycles. The highest BCUT2D eigenvalue weighted by molar-refractivity contribution is 6.31. The van der Waals surface area contributed by atoms with E-state index in [1.165, 1.54) is 0 Å². The van der Waals surface area contributed by atoms with Gasteiger partial charge in [0.1, 0.15) is 12.0 Å². The Bertz CT molecular complexity index is 478. The van der Waals surface area contributed by atoms with Crippen molar-refractivity contribution in [2.45, 2.75) is 19.0 Å². The van der Waals surface area contributed by atoms with Crippen molar-refractivity contribution in [3.63, 3.8) is 0 Å². The second-order valence-electron chi connectivity index (χ2n) is 4.07. The molecule has 3 unspecified atom stereocenters. The van der Waals surface area contributed by atoms with Gasteiger partial charge >= 0.3 is 0 Å². The van der Waals surface area contributed by atoms with Gasteiger partial charge in [0.2, 0.25) is 11.9 Å². The van der Waals surface area contributed by atoms with E-state index in [2.05, 4.69) is 5.32 Å². The monoisotopic (exact) mass is 254 g/mol. The molecule has 5 nitrogen and oxygen atoms in total. The van der Waals surface area contributed by atoms with Crippen LogP contribution in [-0.2, 0) is 4.79 Å². The fraction of sp³-hybridized carbons (Fsp3) is 0.364. The van der Waals surface area contributed by atoms with Crippen LogP contribution in [0.5, 0.6) is 0 Å². The molecular formula is C11H11ClN2O3. The summed E-state index contributed by atoms with van der Waals surface area (Å²) in [6, 6.07) is 5.22. The van der Waals surface area contributed by atoms with Crippen molar-refractivity contribution in [1.82, 2.24) is 5.32 Å². The Hall–Kier alpha value is -1.62. The average Bonchev–Trinajstić information content (AvgIpc) is 2.56. The fourth-order valence-electron chi connectivity index (χ4n) is 2.11. The zero-order chi connectivity index (χ0) is 12.6. The van der Waals surface area contributed by atoms with E-state index in [0.29, 0.717) is 10.6 Å². The molecule has 1 amide bonds. The van der Waals surface area contributed by atoms with Gasteiger partial charge in [-0.25, -0.2) is 0 Å². The first-order valence-electron chi connectivity index (χ1n) is 5.20. The number of carbonyl (C=O) groups is 1. The smallest absolute Gasteiger partial charge is 0.248 e. The maximum absolute atomic E-state index is 11.5. The molecule has 3 atom stereocenters. The highest BCUT2D eigenvalue weighted by Crippen LogP contribution is 2.33. The fourth-order valence-corrected chi connectivity index (χ4v) is 2.36. The number of benzene rings is 1. The van der Waals surface area contributed by atoms with Gasteiger partial charge < -0.3 is 5.32 Å². The Morgan fingerprint density at radius 2 is 2.06 bits per heavy atom. The summed E-state index contributed by atoms with van der Waals surface area (Å²) in [5.41, 5.74) is 0.591. The molecule has 1 N–H and O–H groups in total. The number of hydrogen-bond acceptors (Lipinski definition) is 3. The van der Waals surface area contributed by atoms with E-state index in [0.717, 1.165) is 0 Å². The molecule has 6 heteroatoms. The lowest BCUT2D eigenvalue weighted by atomic mass is 9.95. The molecule has 1 aromatic carbocycles. The summed E-state index contributed by atoms with van der Waals surface area (Å²) in [6.45, 7) is 1.56. The minimum absolute atomic E-state index is 0.309. The maximum atomic E-state index is 11.5. The van der Waals surface area contributed by atoms with Crippen LogP contribution < -0.4 is 5.32 Å². The van der Waals surface area contributed by atoms with E-state index in [4.69, 9.17) is 11.6 Å². The van der Waals surface area contributed by atoms with Crippen LogP contribution >= 0.6 is 11.6 Å². The molecular weight excluding hydrogens is 244 g/mol. The first-order chi connectivity index (χ1) is 8.02. The number of nitrogens with zero attached hydrogens (tertiary/aromatic N) is 1. The number of halogens is 1. The van der Waals surface area contributed by atoms with E-state index >= 15 is 0 Å². The predicted molar refractivity (Wildman–Crippen MR) is 62.3 cm³/mol. The van der Waals surface area contributed by atoms with Gasteiger partial charge in [0, 0.05) is 9.95 Å². The van der Waals surface area contributed by atoms with Crippen LogP contribution in [0.1, 0.15) is 18.5 Å². The van der Waals surface area contributed by atoms with Gasteiger partial charge in [-0.2, -0.15) is 0 Å². The largest absolute Gasteiger partial charge is 0.342 e. The highest BCUT2D eigenvalue weighted by Gasteiger charge is 2.49. The van der Waals surface area contributed by atoms with E-state index in [-0.39, 0.29) is 5.91 Å². The minimum Gasteiger partial charge on any atom is -0.342 e. The number of nitrogens with one attached hydrogen (secondary N) is 1. The number of amides is 1. The first-order valence-corrected chi connectivity index (χ1v) is 5.58. The average molecular weight is 255 g/mol. The normalized spacial score (nSPS) is 27.9. The van der Waals surface area contributed by atoms with Gasteiger partial charge in [-0.15, -0.1) is 0 Å². The molecule has 1 aliphatic rings. The topological polar surface area (TPSA) is 72.2 Å². The van der Waals surface area contributed by atoms with E-state index < -0.39 is 22.9 Å². The molecule has 0 aliphatic carbocycles. The van der Waals surface area contributed by atoms with Crippen molar-refractivity contribution in [3.8, 4) is 0 Å². The third-order valence-corrected chi connectivity index (χ3v) is 3.39. The van der Waals surface area contributed by atoms with E-state index in [1.54, 1.807) is 31.2 Å². The van der Waals surface area contributed by atoms with Crippen LogP contribution in [0.25, 0.3) is 0 Å². The van der Waals surface area contributed by atoms with Gasteiger partial charge in [0.25, 0.3) is 0 Å². The maximum Gasteiger partial charge on any atom is 0.248 e. The van der Waals surface area contributed by atoms with Crippen molar-refractivity contribution in [3.05, 3.63) is 45.0 Å². The SMILES string of the molecule is CC1C(=O)NC(c2ccccc2Cl)C1[N+](=O)[O-]. The van der Waals surface area contributed by atoms with Crippen LogP contribution in [0.15, 0.2) is 24.3 Å². The van der Waals surface area contributed by atoms with Gasteiger partial charge in [-0.3, -0.25) is 14.9 Å². The van der Waals surface area contributed by atoms with Crippen LogP contribution in [-0.4, -0.2) is 16.9 Å². The Morgan fingerprint density at radius 3 is 2.65 bits per heavy atom. The molecule has 1 saturated heterocycles. The number of nitro groups is 1. The Kier molecular flexibility index (Phi) is 3.02. The third-order valence-electron chi connectivity index (χ3n) is 3.05. The first kappa shape index (κ1) is 11.9. The summed E-state index contributed by atoms with van der Waals surface area (Å²) >= 11 is 6.00. The summed E-state index contributed by atoms with van der Waals surface area (Å²) in [5.74, 6) is -0.956. The van der Waals surface area contributed by atoms with Crippen molar-refractivity contribution < 1.29 is 9.72 Å². The molecule has 0 saturated carbocycles. The summed E-state index contributed by atoms with van der Waals surface area (Å²) in [7, 11) is 0. The van der Waals surface area contributed by atoms with Crippen molar-refractivity contribution in [2.75, 3.05) is 0 Å². The van der Waals surface area contributed by atoms with Crippen LogP contribution in [0.2, 0.25) is 5.02 Å². The summed E-state index contributed by atoms with van der Waals surface area (Å²) in [6.07, 6.45) is 0. The lowest BCUT2D eigenvalue weighted by Gasteiger charge is -2.15. The molecule has 0 aromatic heterocycles. The molecule has 2 rings (SSSR count). The summed E-state index contributed by atoms with van der Waals surface area (Å²) < 4.78 is 0. The Morgan fingerprint density at radius 1 is 1.41 bits per heavy atom. The second kappa shape index (κ2) is 4.33. The van der Waals surface area contributed by atoms with Gasteiger partial charge in [0.15, 0.2) is 0 Å². The van der Waals surface area contributed by atoms with Gasteiger partial charge in [-0.1, -0.05) is 29.8 Å². The summed E-state index contributed by atoms with van der Waals surface area (Å²) in [4.78, 5) is 22.1. The third kappa shape index (κ3) is 1.98. The minimum atomic E-state index is -0.970. The van der Waals surface area contributed by atoms with Crippen LogP contribution in [0.3, 0.4) is 0 Å². The number of carbonyl (C=O) groups excluding carboxylic acids is 1. The lowest BCUT2D eigenvalue weighted by Crippen LogP contribution is -2.30. The van der Waals surface area contributed by atoms with Gasteiger partial charge in [0.05, 0.1) is 0 Å². The molecule has 0 radical (unpaired) electrons.